The first-order valence-electron chi connectivity index (χ1n) is 13.2. The number of nitrogens with one attached hydrogen (secondary N) is 3. The van der Waals surface area contributed by atoms with Crippen LogP contribution in [0.1, 0.15) is 41.0 Å². The number of nitrogens with zero attached hydrogens (tertiary/aromatic N) is 2. The number of hydrogen-bond acceptors (Lipinski definition) is 5. The molecule has 1 aliphatic heterocycles. The van der Waals surface area contributed by atoms with Crippen molar-refractivity contribution in [2.45, 2.75) is 38.0 Å². The molecule has 2 aromatic heterocycles. The summed E-state index contributed by atoms with van der Waals surface area (Å²) < 4.78 is 1.47. The molecule has 0 radical (unpaired) electrons. The number of pyridine rings is 1. The molecule has 3 heterocycles. The maximum atomic E-state index is 13.3. The highest BCUT2D eigenvalue weighted by molar-refractivity contribution is 6.35. The second kappa shape index (κ2) is 11.2. The lowest BCUT2D eigenvalue weighted by molar-refractivity contribution is -0.149. The van der Waals surface area contributed by atoms with Crippen LogP contribution in [-0.4, -0.2) is 68.1 Å². The first-order chi connectivity index (χ1) is 19.5. The summed E-state index contributed by atoms with van der Waals surface area (Å²) in [6.07, 6.45) is 3.66. The fraction of sp³-hybridized carbons (Fsp3) is 0.267. The number of aliphatic hydroxyl groups is 1. The van der Waals surface area contributed by atoms with Crippen molar-refractivity contribution in [1.29, 1.82) is 0 Å². The average molecular weight is 576 g/mol. The largest absolute Gasteiger partial charge is 0.381 e. The first kappa shape index (κ1) is 28.1. The van der Waals surface area contributed by atoms with Gasteiger partial charge in [0, 0.05) is 59.3 Å². The quantitative estimate of drug-likeness (QED) is 0.280. The van der Waals surface area contributed by atoms with Gasteiger partial charge in [-0.3, -0.25) is 23.7 Å². The van der Waals surface area contributed by atoms with Crippen molar-refractivity contribution in [1.82, 2.24) is 25.1 Å². The molecule has 2 atom stereocenters. The molecule has 1 saturated heterocycles. The van der Waals surface area contributed by atoms with Gasteiger partial charge in [0.05, 0.1) is 17.1 Å². The summed E-state index contributed by atoms with van der Waals surface area (Å²) in [6, 6.07) is 15.4. The maximum absolute atomic E-state index is 13.3. The molecule has 4 aromatic rings. The summed E-state index contributed by atoms with van der Waals surface area (Å²) in [6.45, 7) is 3.23. The fourth-order valence-electron chi connectivity index (χ4n) is 4.99. The van der Waals surface area contributed by atoms with E-state index in [-0.39, 0.29) is 18.0 Å². The highest BCUT2D eigenvalue weighted by atomic mass is 35.5. The minimum absolute atomic E-state index is 0.0995. The number of H-pyrrole nitrogens is 1. The van der Waals surface area contributed by atoms with E-state index in [1.54, 1.807) is 67.0 Å². The van der Waals surface area contributed by atoms with Crippen molar-refractivity contribution in [2.24, 2.45) is 0 Å². The number of likely N-dealkylation sites (tertiary alicyclic amines) is 1. The first-order valence-corrected chi connectivity index (χ1v) is 13.6. The standard InChI is InChI=1S/C30H30ClN5O5/c1-30(2,41)29(40)35-14-12-23(33-28(39)19-8-11-21-22(31)16-32-24(21)15-19)25(17-35)34-27(38)18-6-9-20(10-7-18)36-13-4-3-5-26(36)37/h3-11,13,15-16,23,25,32,41H,12,14,17H2,1-2H3,(H,33,39)(H,34,38)/t23-,25+/m1/s1. The molecule has 1 aliphatic rings. The van der Waals surface area contributed by atoms with Gasteiger partial charge in [-0.05, 0) is 62.7 Å². The Bertz CT molecular complexity index is 1670. The van der Waals surface area contributed by atoms with E-state index in [0.29, 0.717) is 34.8 Å². The van der Waals surface area contributed by atoms with E-state index in [1.165, 1.54) is 29.4 Å². The van der Waals surface area contributed by atoms with Crippen molar-refractivity contribution in [3.63, 3.8) is 0 Å². The molecule has 11 heteroatoms. The molecule has 41 heavy (non-hydrogen) atoms. The zero-order chi connectivity index (χ0) is 29.3. The normalized spacial score (nSPS) is 17.3. The van der Waals surface area contributed by atoms with Crippen LogP contribution < -0.4 is 16.2 Å². The van der Waals surface area contributed by atoms with Gasteiger partial charge < -0.3 is 25.6 Å². The second-order valence-corrected chi connectivity index (χ2v) is 11.0. The third-order valence-corrected chi connectivity index (χ3v) is 7.49. The monoisotopic (exact) mass is 575 g/mol. The molecule has 1 fully saturated rings. The predicted molar refractivity (Wildman–Crippen MR) is 155 cm³/mol. The summed E-state index contributed by atoms with van der Waals surface area (Å²) in [5.41, 5.74) is 0.325. The molecular formula is C30H30ClN5O5. The van der Waals surface area contributed by atoms with Crippen LogP contribution in [-0.2, 0) is 4.79 Å². The molecule has 3 amide bonds. The Morgan fingerprint density at radius 3 is 2.37 bits per heavy atom. The Labute approximate surface area is 240 Å². The molecule has 2 aromatic carbocycles. The number of aromatic amines is 1. The Kier molecular flexibility index (Phi) is 7.70. The number of fused-ring (bicyclic) bond motifs is 1. The number of aromatic nitrogens is 2. The summed E-state index contributed by atoms with van der Waals surface area (Å²) >= 11 is 6.16. The molecule has 0 spiro atoms. The summed E-state index contributed by atoms with van der Waals surface area (Å²) in [5.74, 6) is -1.20. The van der Waals surface area contributed by atoms with Gasteiger partial charge in [-0.2, -0.15) is 0 Å². The van der Waals surface area contributed by atoms with Gasteiger partial charge in [-0.1, -0.05) is 23.7 Å². The Morgan fingerprint density at radius 1 is 0.976 bits per heavy atom. The van der Waals surface area contributed by atoms with Gasteiger partial charge in [0.15, 0.2) is 0 Å². The number of halogens is 1. The van der Waals surface area contributed by atoms with Crippen molar-refractivity contribution >= 4 is 40.2 Å². The van der Waals surface area contributed by atoms with Crippen molar-refractivity contribution in [2.75, 3.05) is 13.1 Å². The number of carbonyl (C=O) groups is 3. The van der Waals surface area contributed by atoms with Crippen LogP contribution in [0.15, 0.2) is 77.9 Å². The van der Waals surface area contributed by atoms with Crippen LogP contribution in [0.5, 0.6) is 0 Å². The SMILES string of the molecule is CC(C)(O)C(=O)N1CC[C@@H](NC(=O)c2ccc3c(Cl)c[nH]c3c2)[C@@H](NC(=O)c2ccc(-n3ccccc3=O)cc2)C1. The van der Waals surface area contributed by atoms with E-state index in [2.05, 4.69) is 15.6 Å². The van der Waals surface area contributed by atoms with Gasteiger partial charge >= 0.3 is 0 Å². The van der Waals surface area contributed by atoms with E-state index < -0.39 is 29.5 Å². The van der Waals surface area contributed by atoms with Crippen LogP contribution in [0.2, 0.25) is 5.02 Å². The van der Waals surface area contributed by atoms with E-state index >= 15 is 0 Å². The van der Waals surface area contributed by atoms with Crippen molar-refractivity contribution in [3.05, 3.63) is 99.6 Å². The molecule has 10 nitrogen and oxygen atoms in total. The highest BCUT2D eigenvalue weighted by Gasteiger charge is 2.38. The number of rotatable bonds is 6. The van der Waals surface area contributed by atoms with Gasteiger partial charge in [0.1, 0.15) is 5.60 Å². The van der Waals surface area contributed by atoms with Gasteiger partial charge in [-0.15, -0.1) is 0 Å². The number of hydrogen-bond donors (Lipinski definition) is 4. The highest BCUT2D eigenvalue weighted by Crippen LogP contribution is 2.24. The topological polar surface area (TPSA) is 137 Å². The van der Waals surface area contributed by atoms with Crippen LogP contribution in [0.4, 0.5) is 0 Å². The molecule has 0 aliphatic carbocycles. The van der Waals surface area contributed by atoms with Crippen LogP contribution in [0.25, 0.3) is 16.6 Å². The van der Waals surface area contributed by atoms with Crippen molar-refractivity contribution in [3.8, 4) is 5.69 Å². The molecule has 0 unspecified atom stereocenters. The number of carbonyl (C=O) groups excluding carboxylic acids is 3. The number of piperidine rings is 1. The lowest BCUT2D eigenvalue weighted by Gasteiger charge is -2.41. The Morgan fingerprint density at radius 2 is 1.66 bits per heavy atom. The maximum Gasteiger partial charge on any atom is 0.255 e. The molecule has 5 rings (SSSR count). The molecule has 4 N–H and O–H groups in total. The fourth-order valence-corrected chi connectivity index (χ4v) is 5.21. The van der Waals surface area contributed by atoms with Crippen LogP contribution in [0.3, 0.4) is 0 Å². The van der Waals surface area contributed by atoms with Gasteiger partial charge in [0.25, 0.3) is 23.3 Å². The summed E-state index contributed by atoms with van der Waals surface area (Å²) in [5, 5.41) is 17.6. The smallest absolute Gasteiger partial charge is 0.255 e. The second-order valence-electron chi connectivity index (χ2n) is 10.6. The Hall–Kier alpha value is -4.41. The number of benzene rings is 2. The molecule has 0 bridgehead atoms. The van der Waals surface area contributed by atoms with Gasteiger partial charge in [0.2, 0.25) is 0 Å². The molecular weight excluding hydrogens is 546 g/mol. The Balaban J connectivity index is 1.35. The lowest BCUT2D eigenvalue weighted by atomic mass is 9.96. The predicted octanol–water partition coefficient (Wildman–Crippen LogP) is 2.87. The average Bonchev–Trinajstić information content (AvgIpc) is 3.33. The van der Waals surface area contributed by atoms with Gasteiger partial charge in [-0.25, -0.2) is 0 Å². The summed E-state index contributed by atoms with van der Waals surface area (Å²) in [4.78, 5) is 56.0. The minimum atomic E-state index is -1.58. The third-order valence-electron chi connectivity index (χ3n) is 7.18. The lowest BCUT2D eigenvalue weighted by Crippen LogP contribution is -2.63. The third kappa shape index (κ3) is 6.03. The minimum Gasteiger partial charge on any atom is -0.381 e. The zero-order valence-electron chi connectivity index (χ0n) is 22.6. The number of amides is 3. The van der Waals surface area contributed by atoms with Crippen LogP contribution >= 0.6 is 11.6 Å². The van der Waals surface area contributed by atoms with Crippen molar-refractivity contribution < 1.29 is 19.5 Å². The van der Waals surface area contributed by atoms with Crippen LogP contribution in [0, 0.1) is 0 Å². The van der Waals surface area contributed by atoms with E-state index in [1.807, 2.05) is 0 Å². The van der Waals surface area contributed by atoms with E-state index in [4.69, 9.17) is 11.6 Å². The zero-order valence-corrected chi connectivity index (χ0v) is 23.3. The van der Waals surface area contributed by atoms with E-state index in [9.17, 15) is 24.3 Å². The summed E-state index contributed by atoms with van der Waals surface area (Å²) in [7, 11) is 0. The molecule has 0 saturated carbocycles. The van der Waals surface area contributed by atoms with E-state index in [0.717, 1.165) is 10.9 Å². The molecule has 212 valence electrons.